The molecular formula is C24H22Cl2N2O4. The number of carbonyl (C=O) groups is 1. The molecule has 0 aliphatic carbocycles. The van der Waals surface area contributed by atoms with Crippen LogP contribution < -0.4 is 19.6 Å². The molecule has 0 saturated heterocycles. The summed E-state index contributed by atoms with van der Waals surface area (Å²) in [5, 5.41) is 5.15. The molecular weight excluding hydrogens is 451 g/mol. The number of carbonyl (C=O) groups excluding carboxylic acids is 1. The SMILES string of the molecule is CCOc1cc(C(=O)N/N=C/c2ccc(OCc3ccc(Cl)cc3Cl)cc2)ccc1OC. The van der Waals surface area contributed by atoms with Crippen molar-refractivity contribution in [2.24, 2.45) is 5.10 Å². The number of nitrogens with zero attached hydrogens (tertiary/aromatic N) is 1. The van der Waals surface area contributed by atoms with Crippen molar-refractivity contribution in [3.8, 4) is 17.2 Å². The van der Waals surface area contributed by atoms with E-state index in [4.69, 9.17) is 37.4 Å². The molecule has 3 aromatic rings. The molecule has 0 fully saturated rings. The molecule has 6 nitrogen and oxygen atoms in total. The van der Waals surface area contributed by atoms with Gasteiger partial charge in [-0.1, -0.05) is 29.3 Å². The number of hydrazone groups is 1. The Kier molecular flexibility index (Phi) is 8.36. The first kappa shape index (κ1) is 23.4. The van der Waals surface area contributed by atoms with Gasteiger partial charge in [0.05, 0.1) is 19.9 Å². The number of benzene rings is 3. The zero-order valence-corrected chi connectivity index (χ0v) is 19.1. The Hall–Kier alpha value is -3.22. The van der Waals surface area contributed by atoms with Gasteiger partial charge < -0.3 is 14.2 Å². The summed E-state index contributed by atoms with van der Waals surface area (Å²) in [5.74, 6) is 1.39. The van der Waals surface area contributed by atoms with Gasteiger partial charge in [0, 0.05) is 21.2 Å². The van der Waals surface area contributed by atoms with Gasteiger partial charge in [0.1, 0.15) is 12.4 Å². The van der Waals surface area contributed by atoms with Crippen LogP contribution in [0.2, 0.25) is 10.0 Å². The van der Waals surface area contributed by atoms with E-state index in [9.17, 15) is 4.79 Å². The Balaban J connectivity index is 1.55. The lowest BCUT2D eigenvalue weighted by Crippen LogP contribution is -2.17. The topological polar surface area (TPSA) is 69.2 Å². The monoisotopic (exact) mass is 472 g/mol. The third-order valence-corrected chi connectivity index (χ3v) is 4.98. The fraction of sp³-hybridized carbons (Fsp3) is 0.167. The van der Waals surface area contributed by atoms with Crippen LogP contribution in [0.3, 0.4) is 0 Å². The number of nitrogens with one attached hydrogen (secondary N) is 1. The van der Waals surface area contributed by atoms with E-state index in [2.05, 4.69) is 10.5 Å². The van der Waals surface area contributed by atoms with E-state index in [1.54, 1.807) is 43.7 Å². The molecule has 0 aliphatic heterocycles. The predicted octanol–water partition coefficient (Wildman–Crippen LogP) is 5.74. The lowest BCUT2D eigenvalue weighted by molar-refractivity contribution is 0.0954. The zero-order chi connectivity index (χ0) is 22.9. The molecule has 3 rings (SSSR count). The second-order valence-corrected chi connectivity index (χ2v) is 7.43. The van der Waals surface area contributed by atoms with Gasteiger partial charge in [-0.25, -0.2) is 5.43 Å². The van der Waals surface area contributed by atoms with Crippen molar-refractivity contribution >= 4 is 35.3 Å². The Morgan fingerprint density at radius 1 is 1.00 bits per heavy atom. The van der Waals surface area contributed by atoms with E-state index in [1.165, 1.54) is 0 Å². The van der Waals surface area contributed by atoms with E-state index in [0.717, 1.165) is 11.1 Å². The maximum absolute atomic E-state index is 12.4. The predicted molar refractivity (Wildman–Crippen MR) is 126 cm³/mol. The van der Waals surface area contributed by atoms with Crippen LogP contribution in [0, 0.1) is 0 Å². The van der Waals surface area contributed by atoms with Gasteiger partial charge in [0.2, 0.25) is 0 Å². The van der Waals surface area contributed by atoms with Crippen LogP contribution in [0.25, 0.3) is 0 Å². The van der Waals surface area contributed by atoms with E-state index in [0.29, 0.717) is 46.1 Å². The number of hydrogen-bond acceptors (Lipinski definition) is 5. The molecule has 32 heavy (non-hydrogen) atoms. The second-order valence-electron chi connectivity index (χ2n) is 6.59. The van der Waals surface area contributed by atoms with Gasteiger partial charge in [-0.2, -0.15) is 5.10 Å². The van der Waals surface area contributed by atoms with Gasteiger partial charge in [0.25, 0.3) is 5.91 Å². The number of hydrogen-bond donors (Lipinski definition) is 1. The van der Waals surface area contributed by atoms with Crippen LogP contribution in [0.1, 0.15) is 28.4 Å². The molecule has 0 radical (unpaired) electrons. The number of amides is 1. The van der Waals surface area contributed by atoms with Crippen LogP contribution in [-0.4, -0.2) is 25.8 Å². The standard InChI is InChI=1S/C24H22Cl2N2O4/c1-3-31-23-12-17(7-11-22(23)30-2)24(29)28-27-14-16-4-9-20(10-5-16)32-15-18-6-8-19(25)13-21(18)26/h4-14H,3,15H2,1-2H3,(H,28,29)/b27-14+. The van der Waals surface area contributed by atoms with Crippen molar-refractivity contribution in [3.05, 3.63) is 87.4 Å². The summed E-state index contributed by atoms with van der Waals surface area (Å²) < 4.78 is 16.5. The zero-order valence-electron chi connectivity index (χ0n) is 17.6. The third-order valence-electron chi connectivity index (χ3n) is 4.39. The fourth-order valence-corrected chi connectivity index (χ4v) is 3.23. The molecule has 0 bridgehead atoms. The van der Waals surface area contributed by atoms with Gasteiger partial charge in [-0.3, -0.25) is 4.79 Å². The first-order chi connectivity index (χ1) is 15.5. The van der Waals surface area contributed by atoms with Crippen LogP contribution in [0.5, 0.6) is 17.2 Å². The maximum Gasteiger partial charge on any atom is 0.271 e. The summed E-state index contributed by atoms with van der Waals surface area (Å²) in [6.07, 6.45) is 1.55. The van der Waals surface area contributed by atoms with Crippen LogP contribution in [0.15, 0.2) is 65.8 Å². The quantitative estimate of drug-likeness (QED) is 0.318. The molecule has 3 aromatic carbocycles. The van der Waals surface area contributed by atoms with Crippen molar-refractivity contribution < 1.29 is 19.0 Å². The Labute approximate surface area is 196 Å². The molecule has 0 aromatic heterocycles. The average Bonchev–Trinajstić information content (AvgIpc) is 2.79. The van der Waals surface area contributed by atoms with E-state index in [-0.39, 0.29) is 5.91 Å². The molecule has 1 N–H and O–H groups in total. The number of methoxy groups -OCH3 is 1. The molecule has 0 saturated carbocycles. The Morgan fingerprint density at radius 3 is 2.47 bits per heavy atom. The number of rotatable bonds is 9. The highest BCUT2D eigenvalue weighted by Gasteiger charge is 2.10. The summed E-state index contributed by atoms with van der Waals surface area (Å²) in [5.41, 5.74) is 4.56. The van der Waals surface area contributed by atoms with Crippen molar-refractivity contribution in [1.29, 1.82) is 0 Å². The Morgan fingerprint density at radius 2 is 1.78 bits per heavy atom. The summed E-state index contributed by atoms with van der Waals surface area (Å²) >= 11 is 12.1. The molecule has 166 valence electrons. The van der Waals surface area contributed by atoms with Crippen molar-refractivity contribution in [1.82, 2.24) is 5.43 Å². The average molecular weight is 473 g/mol. The lowest BCUT2D eigenvalue weighted by Gasteiger charge is -2.10. The third kappa shape index (κ3) is 6.39. The Bertz CT molecular complexity index is 1100. The highest BCUT2D eigenvalue weighted by molar-refractivity contribution is 6.35. The van der Waals surface area contributed by atoms with Crippen LogP contribution in [-0.2, 0) is 6.61 Å². The summed E-state index contributed by atoms with van der Waals surface area (Å²) in [4.78, 5) is 12.4. The molecule has 0 spiro atoms. The number of halogens is 2. The van der Waals surface area contributed by atoms with Crippen LogP contribution in [0.4, 0.5) is 0 Å². The molecule has 0 unspecified atom stereocenters. The lowest BCUT2D eigenvalue weighted by atomic mass is 10.2. The van der Waals surface area contributed by atoms with E-state index >= 15 is 0 Å². The first-order valence-electron chi connectivity index (χ1n) is 9.81. The minimum atomic E-state index is -0.357. The van der Waals surface area contributed by atoms with Gasteiger partial charge in [0.15, 0.2) is 11.5 Å². The van der Waals surface area contributed by atoms with E-state index in [1.807, 2.05) is 37.3 Å². The summed E-state index contributed by atoms with van der Waals surface area (Å²) in [6.45, 7) is 2.65. The first-order valence-corrected chi connectivity index (χ1v) is 10.6. The minimum absolute atomic E-state index is 0.324. The highest BCUT2D eigenvalue weighted by atomic mass is 35.5. The molecule has 0 heterocycles. The van der Waals surface area contributed by atoms with E-state index < -0.39 is 0 Å². The highest BCUT2D eigenvalue weighted by Crippen LogP contribution is 2.28. The van der Waals surface area contributed by atoms with Gasteiger partial charge in [-0.05, 0) is 67.1 Å². The van der Waals surface area contributed by atoms with Gasteiger partial charge >= 0.3 is 0 Å². The van der Waals surface area contributed by atoms with Crippen molar-refractivity contribution in [2.45, 2.75) is 13.5 Å². The summed E-state index contributed by atoms with van der Waals surface area (Å²) in [7, 11) is 1.55. The largest absolute Gasteiger partial charge is 0.493 e. The molecule has 0 atom stereocenters. The van der Waals surface area contributed by atoms with Crippen molar-refractivity contribution in [2.75, 3.05) is 13.7 Å². The normalized spacial score (nSPS) is 10.8. The fourth-order valence-electron chi connectivity index (χ4n) is 2.77. The smallest absolute Gasteiger partial charge is 0.271 e. The van der Waals surface area contributed by atoms with Crippen molar-refractivity contribution in [3.63, 3.8) is 0 Å². The van der Waals surface area contributed by atoms with Gasteiger partial charge in [-0.15, -0.1) is 0 Å². The van der Waals surface area contributed by atoms with Crippen LogP contribution >= 0.6 is 23.2 Å². The molecule has 0 aliphatic rings. The summed E-state index contributed by atoms with van der Waals surface area (Å²) in [6, 6.07) is 17.5. The number of ether oxygens (including phenoxy) is 3. The minimum Gasteiger partial charge on any atom is -0.493 e. The molecule has 8 heteroatoms. The maximum atomic E-state index is 12.4. The molecule has 1 amide bonds. The second kappa shape index (κ2) is 11.4.